The Hall–Kier alpha value is -5.37. The Balaban J connectivity index is 0.000000297. The SMILES string of the molecule is CCN(CCN(C=O)c1nccc(C#N)n1)C(=O)OC(C)(C)C.O=NN(c1cc(F)cc(F)c1)C(C(=O)NC1CCC(F)(F)CC1)c1ccccc1Cl. The van der Waals surface area contributed by atoms with Crippen LogP contribution in [-0.2, 0) is 14.3 Å². The van der Waals surface area contributed by atoms with Gasteiger partial charge in [-0.2, -0.15) is 5.26 Å². The van der Waals surface area contributed by atoms with E-state index in [4.69, 9.17) is 21.6 Å². The van der Waals surface area contributed by atoms with Crippen molar-refractivity contribution < 1.29 is 36.7 Å². The van der Waals surface area contributed by atoms with Crippen molar-refractivity contribution in [2.75, 3.05) is 29.5 Å². The molecule has 1 aromatic heterocycles. The van der Waals surface area contributed by atoms with Gasteiger partial charge < -0.3 is 15.0 Å². The standard InChI is InChI=1S/C20H18ClF4N3O2.C15H21N5O3/c21-17-4-2-1-3-16(17)18(19(29)26-14-5-7-20(24,25)8-6-14)28(27-30)15-10-12(22)9-13(23)11-15;1-5-19(14(22)23-15(2,3)4)8-9-20(11-21)13-17-7-6-12(10-16)18-13/h1-4,9-11,14,18H,5-8H2,(H,26,29);6-7,11H,5,8-9H2,1-4H3. The van der Waals surface area contributed by atoms with Gasteiger partial charge in [0.05, 0.1) is 11.0 Å². The maximum atomic E-state index is 13.7. The molecule has 1 heterocycles. The summed E-state index contributed by atoms with van der Waals surface area (Å²) in [6.45, 7) is 8.10. The molecular weight excluding hydrogens is 724 g/mol. The molecule has 3 aromatic rings. The number of benzene rings is 2. The van der Waals surface area contributed by atoms with Crippen LogP contribution < -0.4 is 15.2 Å². The topological polar surface area (TPSA) is 161 Å². The molecule has 0 spiro atoms. The summed E-state index contributed by atoms with van der Waals surface area (Å²) >= 11 is 6.20. The van der Waals surface area contributed by atoms with Crippen LogP contribution in [0, 0.1) is 27.9 Å². The zero-order valence-corrected chi connectivity index (χ0v) is 30.2. The van der Waals surface area contributed by atoms with E-state index in [1.165, 1.54) is 34.2 Å². The highest BCUT2D eigenvalue weighted by atomic mass is 35.5. The van der Waals surface area contributed by atoms with Gasteiger partial charge in [0, 0.05) is 61.4 Å². The van der Waals surface area contributed by atoms with Gasteiger partial charge in [-0.25, -0.2) is 37.3 Å². The number of likely N-dealkylation sites (N-methyl/N-ethyl adjacent to an activating group) is 1. The lowest BCUT2D eigenvalue weighted by Crippen LogP contribution is -2.45. The quantitative estimate of drug-likeness (QED) is 0.0878. The first-order valence-corrected chi connectivity index (χ1v) is 16.8. The summed E-state index contributed by atoms with van der Waals surface area (Å²) in [5, 5.41) is 15.0. The van der Waals surface area contributed by atoms with Crippen molar-refractivity contribution in [3.8, 4) is 6.07 Å². The van der Waals surface area contributed by atoms with Gasteiger partial charge in [-0.15, -0.1) is 4.91 Å². The Kier molecular flexibility index (Phi) is 15.0. The van der Waals surface area contributed by atoms with Crippen LogP contribution in [0.3, 0.4) is 0 Å². The van der Waals surface area contributed by atoms with Gasteiger partial charge >= 0.3 is 6.09 Å². The van der Waals surface area contributed by atoms with Crippen molar-refractivity contribution in [3.05, 3.63) is 87.5 Å². The molecule has 0 bridgehead atoms. The summed E-state index contributed by atoms with van der Waals surface area (Å²) in [6.07, 6.45) is 0.882. The number of alkyl halides is 2. The van der Waals surface area contributed by atoms with Crippen molar-refractivity contribution in [1.29, 1.82) is 5.26 Å². The van der Waals surface area contributed by atoms with Gasteiger partial charge in [0.2, 0.25) is 24.2 Å². The van der Waals surface area contributed by atoms with E-state index < -0.39 is 47.2 Å². The molecule has 3 amide bonds. The average Bonchev–Trinajstić information content (AvgIpc) is 3.09. The number of rotatable bonds is 12. The third kappa shape index (κ3) is 12.7. The van der Waals surface area contributed by atoms with Crippen LogP contribution in [0.4, 0.5) is 34.0 Å². The van der Waals surface area contributed by atoms with E-state index >= 15 is 0 Å². The number of nitroso groups, excluding NO2 is 1. The molecule has 2 aromatic carbocycles. The number of carbonyl (C=O) groups is 3. The van der Waals surface area contributed by atoms with Crippen LogP contribution in [0.15, 0.2) is 60.0 Å². The van der Waals surface area contributed by atoms with Gasteiger partial charge in [-0.3, -0.25) is 14.5 Å². The average molecular weight is 763 g/mol. The largest absolute Gasteiger partial charge is 0.444 e. The molecular formula is C35H39ClF4N8O5. The summed E-state index contributed by atoms with van der Waals surface area (Å²) in [6, 6.07) is 9.76. The summed E-state index contributed by atoms with van der Waals surface area (Å²) < 4.78 is 59.5. The van der Waals surface area contributed by atoms with Gasteiger partial charge in [0.25, 0.3) is 0 Å². The number of ether oxygens (including phenoxy) is 1. The molecule has 0 saturated heterocycles. The normalized spacial score (nSPS) is 14.3. The maximum Gasteiger partial charge on any atom is 0.410 e. The Morgan fingerprint density at radius 3 is 2.32 bits per heavy atom. The highest BCUT2D eigenvalue weighted by molar-refractivity contribution is 6.31. The van der Waals surface area contributed by atoms with Crippen LogP contribution in [0.5, 0.6) is 0 Å². The fraction of sp³-hybridized carbons (Fsp3) is 0.429. The second-order valence-electron chi connectivity index (χ2n) is 12.8. The van der Waals surface area contributed by atoms with Crippen molar-refractivity contribution in [2.45, 2.75) is 77.0 Å². The minimum atomic E-state index is -2.78. The Morgan fingerprint density at radius 2 is 1.77 bits per heavy atom. The number of carbonyl (C=O) groups excluding carboxylic acids is 3. The van der Waals surface area contributed by atoms with Crippen LogP contribution >= 0.6 is 11.6 Å². The monoisotopic (exact) mass is 762 g/mol. The van der Waals surface area contributed by atoms with E-state index in [0.717, 1.165) is 12.1 Å². The highest BCUT2D eigenvalue weighted by Crippen LogP contribution is 2.36. The van der Waals surface area contributed by atoms with Crippen LogP contribution in [0.2, 0.25) is 5.02 Å². The van der Waals surface area contributed by atoms with Gasteiger partial charge in [0.15, 0.2) is 6.04 Å². The first-order chi connectivity index (χ1) is 25.0. The molecule has 1 N–H and O–H groups in total. The number of hydrogen-bond donors (Lipinski definition) is 1. The Bertz CT molecular complexity index is 1760. The molecule has 1 aliphatic carbocycles. The summed E-state index contributed by atoms with van der Waals surface area (Å²) in [5.74, 6) is -5.33. The summed E-state index contributed by atoms with van der Waals surface area (Å²) in [4.78, 5) is 58.7. The fourth-order valence-electron chi connectivity index (χ4n) is 5.14. The minimum absolute atomic E-state index is 0.0527. The van der Waals surface area contributed by atoms with Gasteiger partial charge in [0.1, 0.15) is 29.0 Å². The molecule has 1 aliphatic rings. The second kappa shape index (κ2) is 18.9. The summed E-state index contributed by atoms with van der Waals surface area (Å²) in [7, 11) is 0. The van der Waals surface area contributed by atoms with E-state index in [2.05, 4.69) is 20.6 Å². The molecule has 18 heteroatoms. The molecule has 0 radical (unpaired) electrons. The van der Waals surface area contributed by atoms with Crippen LogP contribution in [-0.4, -0.2) is 70.5 Å². The van der Waals surface area contributed by atoms with E-state index in [-0.39, 0.29) is 66.7 Å². The number of nitrogens with one attached hydrogen (secondary N) is 1. The molecule has 0 aliphatic heterocycles. The third-order valence-electron chi connectivity index (χ3n) is 7.74. The number of aromatic nitrogens is 2. The van der Waals surface area contributed by atoms with E-state index in [0.29, 0.717) is 24.0 Å². The number of nitrogens with zero attached hydrogens (tertiary/aromatic N) is 7. The highest BCUT2D eigenvalue weighted by Gasteiger charge is 2.38. The molecule has 1 atom stereocenters. The number of nitriles is 1. The van der Waals surface area contributed by atoms with E-state index in [1.807, 2.05) is 13.0 Å². The summed E-state index contributed by atoms with van der Waals surface area (Å²) in [5.41, 5.74) is -0.541. The van der Waals surface area contributed by atoms with E-state index in [1.54, 1.807) is 32.9 Å². The predicted octanol–water partition coefficient (Wildman–Crippen LogP) is 7.11. The zero-order chi connectivity index (χ0) is 39.3. The molecule has 1 unspecified atom stereocenters. The third-order valence-corrected chi connectivity index (χ3v) is 8.09. The number of hydrogen-bond acceptors (Lipinski definition) is 9. The van der Waals surface area contributed by atoms with Crippen molar-refractivity contribution >= 4 is 41.6 Å². The first kappa shape index (κ1) is 42.0. The molecule has 53 heavy (non-hydrogen) atoms. The molecule has 1 fully saturated rings. The van der Waals surface area contributed by atoms with Crippen molar-refractivity contribution in [1.82, 2.24) is 20.2 Å². The molecule has 284 valence electrons. The lowest BCUT2D eigenvalue weighted by Gasteiger charge is -2.32. The lowest BCUT2D eigenvalue weighted by atomic mass is 9.92. The Morgan fingerprint density at radius 1 is 1.13 bits per heavy atom. The maximum absolute atomic E-state index is 13.7. The molecule has 1 saturated carbocycles. The predicted molar refractivity (Wildman–Crippen MR) is 188 cm³/mol. The number of halogens is 5. The number of anilines is 2. The van der Waals surface area contributed by atoms with Gasteiger partial charge in [-0.05, 0) is 64.8 Å². The lowest BCUT2D eigenvalue weighted by molar-refractivity contribution is -0.124. The van der Waals surface area contributed by atoms with Crippen molar-refractivity contribution in [2.24, 2.45) is 5.29 Å². The number of amides is 3. The first-order valence-electron chi connectivity index (χ1n) is 16.4. The van der Waals surface area contributed by atoms with Crippen LogP contribution in [0.25, 0.3) is 0 Å². The molecule has 13 nitrogen and oxygen atoms in total. The molecule has 4 rings (SSSR count). The van der Waals surface area contributed by atoms with Crippen molar-refractivity contribution in [3.63, 3.8) is 0 Å². The van der Waals surface area contributed by atoms with E-state index in [9.17, 15) is 36.9 Å². The zero-order valence-electron chi connectivity index (χ0n) is 29.4. The fourth-order valence-corrected chi connectivity index (χ4v) is 5.38. The second-order valence-corrected chi connectivity index (χ2v) is 13.2. The smallest absolute Gasteiger partial charge is 0.410 e. The minimum Gasteiger partial charge on any atom is -0.444 e. The van der Waals surface area contributed by atoms with Crippen LogP contribution in [0.1, 0.15) is 70.7 Å². The Labute approximate surface area is 308 Å². The van der Waals surface area contributed by atoms with Gasteiger partial charge in [-0.1, -0.05) is 29.8 Å².